The summed E-state index contributed by atoms with van der Waals surface area (Å²) in [4.78, 5) is 0. The van der Waals surface area contributed by atoms with Gasteiger partial charge >= 0.3 is 0 Å². The van der Waals surface area contributed by atoms with E-state index in [1.54, 1.807) is 24.3 Å². The van der Waals surface area contributed by atoms with E-state index in [1.165, 1.54) is 12.8 Å². The molecule has 0 aliphatic carbocycles. The van der Waals surface area contributed by atoms with E-state index in [2.05, 4.69) is 28.2 Å². The van der Waals surface area contributed by atoms with Crippen LogP contribution in [0.25, 0.3) is 0 Å². The topological polar surface area (TPSA) is 80.9 Å². The van der Waals surface area contributed by atoms with Crippen molar-refractivity contribution in [2.75, 3.05) is 41.3 Å². The van der Waals surface area contributed by atoms with Crippen LogP contribution >= 0.6 is 0 Å². The molecule has 0 heterocycles. The standard InChI is InChI=1S/C24H36N2O4.2BrH/c1-25(2,17-19-9-11-21(27)23(29)15-19)13-7-5-6-8-14-26(3,4)18-20-10-12-22(28)24(30)16-20;;/h9-12,15-16H,5-8,13-14,17-18H2,1-4H3,(H2-2,27,28,29,30);2*1H. The van der Waals surface area contributed by atoms with E-state index < -0.39 is 0 Å². The van der Waals surface area contributed by atoms with Crippen molar-refractivity contribution in [3.05, 3.63) is 47.5 Å². The second kappa shape index (κ2) is 13.3. The molecule has 182 valence electrons. The highest BCUT2D eigenvalue weighted by Crippen LogP contribution is 2.27. The number of benzene rings is 2. The van der Waals surface area contributed by atoms with Gasteiger partial charge in [-0.05, 0) is 62.1 Å². The summed E-state index contributed by atoms with van der Waals surface area (Å²) in [6, 6.07) is 10.1. The minimum Gasteiger partial charge on any atom is -1.00 e. The molecule has 0 amide bonds. The molecule has 0 atom stereocenters. The monoisotopic (exact) mass is 576 g/mol. The number of unbranched alkanes of at least 4 members (excludes halogenated alkanes) is 3. The van der Waals surface area contributed by atoms with E-state index >= 15 is 0 Å². The summed E-state index contributed by atoms with van der Waals surface area (Å²) in [6.45, 7) is 3.76. The van der Waals surface area contributed by atoms with Crippen molar-refractivity contribution in [3.63, 3.8) is 0 Å². The average molecular weight is 578 g/mol. The predicted octanol–water partition coefficient (Wildman–Crippen LogP) is -2.07. The first-order valence-corrected chi connectivity index (χ1v) is 10.6. The molecule has 0 saturated carbocycles. The van der Waals surface area contributed by atoms with E-state index in [0.717, 1.165) is 59.1 Å². The van der Waals surface area contributed by atoms with Gasteiger partial charge in [0.05, 0.1) is 41.3 Å². The number of rotatable bonds is 11. The Kier molecular flexibility index (Phi) is 12.7. The van der Waals surface area contributed by atoms with E-state index in [1.807, 2.05) is 12.1 Å². The number of halogens is 2. The van der Waals surface area contributed by atoms with Crippen LogP contribution in [0.5, 0.6) is 23.0 Å². The second-order valence-electron chi connectivity index (χ2n) is 9.70. The van der Waals surface area contributed by atoms with Gasteiger partial charge in [-0.1, -0.05) is 0 Å². The smallest absolute Gasteiger partial charge is 0.157 e. The van der Waals surface area contributed by atoms with Crippen LogP contribution in [0.4, 0.5) is 0 Å². The van der Waals surface area contributed by atoms with Gasteiger partial charge in [-0.2, -0.15) is 0 Å². The molecule has 0 bridgehead atoms. The van der Waals surface area contributed by atoms with Gasteiger partial charge in [-0.15, -0.1) is 0 Å². The summed E-state index contributed by atoms with van der Waals surface area (Å²) in [5, 5.41) is 38.2. The van der Waals surface area contributed by atoms with Gasteiger partial charge in [0.1, 0.15) is 13.1 Å². The highest BCUT2D eigenvalue weighted by Gasteiger charge is 2.18. The summed E-state index contributed by atoms with van der Waals surface area (Å²) >= 11 is 0. The third-order valence-electron chi connectivity index (χ3n) is 5.58. The lowest BCUT2D eigenvalue weighted by Crippen LogP contribution is -3.00. The molecular weight excluding hydrogens is 540 g/mol. The zero-order chi connectivity index (χ0) is 22.4. The van der Waals surface area contributed by atoms with Crippen molar-refractivity contribution < 1.29 is 63.4 Å². The number of quaternary nitrogens is 2. The van der Waals surface area contributed by atoms with E-state index in [0.29, 0.717) is 0 Å². The first kappa shape index (κ1) is 30.5. The van der Waals surface area contributed by atoms with Crippen LogP contribution in [0.2, 0.25) is 0 Å². The summed E-state index contributed by atoms with van der Waals surface area (Å²) in [7, 11) is 8.77. The minimum absolute atomic E-state index is 0. The SMILES string of the molecule is C[N+](C)(CCCCCC[N+](C)(C)Cc1ccc(O)c(O)c1)Cc1ccc(O)c(O)c1.[Br-].[Br-]. The van der Waals surface area contributed by atoms with Crippen molar-refractivity contribution >= 4 is 0 Å². The Balaban J connectivity index is 0.00000480. The van der Waals surface area contributed by atoms with Crippen LogP contribution < -0.4 is 34.0 Å². The molecule has 0 aliphatic heterocycles. The fourth-order valence-corrected chi connectivity index (χ4v) is 3.91. The van der Waals surface area contributed by atoms with Gasteiger partial charge in [0.25, 0.3) is 0 Å². The third kappa shape index (κ3) is 10.4. The minimum atomic E-state index is -0.0763. The first-order chi connectivity index (χ1) is 14.0. The quantitative estimate of drug-likeness (QED) is 0.141. The van der Waals surface area contributed by atoms with Crippen molar-refractivity contribution in [2.24, 2.45) is 0 Å². The van der Waals surface area contributed by atoms with Crippen LogP contribution in [0.1, 0.15) is 36.8 Å². The zero-order valence-electron chi connectivity index (χ0n) is 19.6. The summed E-state index contributed by atoms with van der Waals surface area (Å²) in [6.07, 6.45) is 4.66. The molecule has 0 radical (unpaired) electrons. The van der Waals surface area contributed by atoms with E-state index in [9.17, 15) is 20.4 Å². The van der Waals surface area contributed by atoms with Crippen molar-refractivity contribution in [2.45, 2.75) is 38.8 Å². The Morgan fingerprint density at radius 1 is 0.531 bits per heavy atom. The molecule has 2 aromatic carbocycles. The number of hydrogen-bond acceptors (Lipinski definition) is 4. The molecule has 0 fully saturated rings. The molecule has 0 aliphatic rings. The Morgan fingerprint density at radius 3 is 1.19 bits per heavy atom. The van der Waals surface area contributed by atoms with Crippen LogP contribution in [-0.4, -0.2) is 70.7 Å². The Hall–Kier alpha value is -1.48. The van der Waals surface area contributed by atoms with Crippen molar-refractivity contribution in [1.29, 1.82) is 0 Å². The fraction of sp³-hybridized carbons (Fsp3) is 0.500. The average Bonchev–Trinajstić information content (AvgIpc) is 2.63. The maximum Gasteiger partial charge on any atom is 0.157 e. The van der Waals surface area contributed by atoms with Crippen LogP contribution in [-0.2, 0) is 13.1 Å². The molecule has 0 aromatic heterocycles. The van der Waals surface area contributed by atoms with Gasteiger partial charge < -0.3 is 63.4 Å². The molecule has 2 aromatic rings. The molecular formula is C24H38Br2N2O4. The van der Waals surface area contributed by atoms with Crippen molar-refractivity contribution in [3.8, 4) is 23.0 Å². The Labute approximate surface area is 213 Å². The third-order valence-corrected chi connectivity index (χ3v) is 5.58. The largest absolute Gasteiger partial charge is 1.00 e. The highest BCUT2D eigenvalue weighted by atomic mass is 79.9. The Morgan fingerprint density at radius 2 is 0.875 bits per heavy atom. The molecule has 6 nitrogen and oxygen atoms in total. The number of phenolic OH excluding ortho intramolecular Hbond substituents is 4. The lowest BCUT2D eigenvalue weighted by atomic mass is 10.1. The van der Waals surface area contributed by atoms with Crippen LogP contribution in [0, 0.1) is 0 Å². The van der Waals surface area contributed by atoms with Crippen LogP contribution in [0.3, 0.4) is 0 Å². The van der Waals surface area contributed by atoms with Gasteiger partial charge in [0, 0.05) is 11.1 Å². The van der Waals surface area contributed by atoms with Gasteiger partial charge in [0.15, 0.2) is 23.0 Å². The maximum atomic E-state index is 9.67. The number of aromatic hydroxyl groups is 4. The highest BCUT2D eigenvalue weighted by molar-refractivity contribution is 5.40. The maximum absolute atomic E-state index is 9.67. The molecule has 0 spiro atoms. The van der Waals surface area contributed by atoms with Crippen LogP contribution in [0.15, 0.2) is 36.4 Å². The molecule has 0 unspecified atom stereocenters. The van der Waals surface area contributed by atoms with Gasteiger partial charge in [-0.25, -0.2) is 0 Å². The molecule has 2 rings (SSSR count). The zero-order valence-corrected chi connectivity index (χ0v) is 22.7. The molecule has 0 saturated heterocycles. The second-order valence-corrected chi connectivity index (χ2v) is 9.70. The van der Waals surface area contributed by atoms with Gasteiger partial charge in [0.2, 0.25) is 0 Å². The molecule has 4 N–H and O–H groups in total. The lowest BCUT2D eigenvalue weighted by Gasteiger charge is -2.31. The number of nitrogens with zero attached hydrogens (tertiary/aromatic N) is 2. The van der Waals surface area contributed by atoms with Gasteiger partial charge in [-0.3, -0.25) is 0 Å². The van der Waals surface area contributed by atoms with E-state index in [4.69, 9.17) is 0 Å². The number of phenols is 4. The molecule has 8 heteroatoms. The fourth-order valence-electron chi connectivity index (χ4n) is 3.91. The number of hydrogen-bond donors (Lipinski definition) is 4. The van der Waals surface area contributed by atoms with Crippen molar-refractivity contribution in [1.82, 2.24) is 0 Å². The van der Waals surface area contributed by atoms with E-state index in [-0.39, 0.29) is 57.0 Å². The normalized spacial score (nSPS) is 11.5. The lowest BCUT2D eigenvalue weighted by molar-refractivity contribution is -0.904. The molecule has 32 heavy (non-hydrogen) atoms. The summed E-state index contributed by atoms with van der Waals surface area (Å²) in [5.41, 5.74) is 2.05. The first-order valence-electron chi connectivity index (χ1n) is 10.6. The predicted molar refractivity (Wildman–Crippen MR) is 119 cm³/mol. The Bertz CT molecular complexity index is 775. The summed E-state index contributed by atoms with van der Waals surface area (Å²) < 4.78 is 1.69. The summed E-state index contributed by atoms with van der Waals surface area (Å²) in [5.74, 6) is -0.272.